The molecule has 39 heavy (non-hydrogen) atoms. The highest BCUT2D eigenvalue weighted by molar-refractivity contribution is 9.10. The molecule has 198 valence electrons. The number of rotatable bonds is 7. The molecule has 0 saturated heterocycles. The third kappa shape index (κ3) is 5.30. The molecule has 1 amide bonds. The van der Waals surface area contributed by atoms with Crippen molar-refractivity contribution >= 4 is 50.9 Å². The standard InChI is InChI=1S/C28H24BrClN6O3/c1-4-39-28(38)22-16-35(20-9-6-18(7-10-20)24-15-25-31-12-5-13-34(25)32-24)33-26(22)36(17(2)3)27(37)21-11-8-19(29)14-23(21)30/h5-17H,4H2,1-3H3. The van der Waals surface area contributed by atoms with Crippen LogP contribution in [-0.4, -0.2) is 48.9 Å². The fourth-order valence-corrected chi connectivity index (χ4v) is 4.91. The molecule has 0 bridgehead atoms. The van der Waals surface area contributed by atoms with Gasteiger partial charge >= 0.3 is 5.97 Å². The van der Waals surface area contributed by atoms with Gasteiger partial charge in [0.15, 0.2) is 11.5 Å². The Morgan fingerprint density at radius 3 is 2.51 bits per heavy atom. The number of hydrogen-bond donors (Lipinski definition) is 0. The molecule has 3 aromatic heterocycles. The van der Waals surface area contributed by atoms with Gasteiger partial charge in [-0.25, -0.2) is 19.0 Å². The van der Waals surface area contributed by atoms with Gasteiger partial charge in [0.2, 0.25) is 0 Å². The zero-order chi connectivity index (χ0) is 27.7. The zero-order valence-corrected chi connectivity index (χ0v) is 23.7. The van der Waals surface area contributed by atoms with Crippen molar-refractivity contribution in [3.8, 4) is 16.9 Å². The lowest BCUT2D eigenvalue weighted by molar-refractivity contribution is 0.0527. The minimum Gasteiger partial charge on any atom is -0.462 e. The maximum atomic E-state index is 13.7. The third-order valence-corrected chi connectivity index (χ3v) is 6.78. The number of amides is 1. The third-order valence-electron chi connectivity index (χ3n) is 5.98. The van der Waals surface area contributed by atoms with Crippen LogP contribution in [0.2, 0.25) is 5.02 Å². The molecule has 0 aliphatic carbocycles. The number of fused-ring (bicyclic) bond motifs is 1. The average molecular weight is 608 g/mol. The van der Waals surface area contributed by atoms with E-state index in [4.69, 9.17) is 16.3 Å². The van der Waals surface area contributed by atoms with Crippen LogP contribution in [0.4, 0.5) is 5.82 Å². The molecule has 11 heteroatoms. The molecule has 5 rings (SSSR count). The highest BCUT2D eigenvalue weighted by atomic mass is 79.9. The normalized spacial score (nSPS) is 11.2. The Morgan fingerprint density at radius 1 is 1.08 bits per heavy atom. The number of carbonyl (C=O) groups is 2. The number of benzene rings is 2. The van der Waals surface area contributed by atoms with Gasteiger partial charge in [-0.2, -0.15) is 5.10 Å². The maximum absolute atomic E-state index is 13.7. The summed E-state index contributed by atoms with van der Waals surface area (Å²) in [5.74, 6) is -0.773. The Kier molecular flexibility index (Phi) is 7.49. The van der Waals surface area contributed by atoms with Gasteiger partial charge in [0.1, 0.15) is 5.56 Å². The number of hydrogen-bond acceptors (Lipinski definition) is 6. The number of aromatic nitrogens is 5. The van der Waals surface area contributed by atoms with E-state index >= 15 is 0 Å². The van der Waals surface area contributed by atoms with Crippen molar-refractivity contribution in [1.29, 1.82) is 0 Å². The largest absolute Gasteiger partial charge is 0.462 e. The highest BCUT2D eigenvalue weighted by Gasteiger charge is 2.30. The summed E-state index contributed by atoms with van der Waals surface area (Å²) < 4.78 is 9.32. The molecule has 0 aliphatic rings. The SMILES string of the molecule is CCOC(=O)c1cn(-c2ccc(-c3cc4ncccn4n3)cc2)nc1N(C(=O)c1ccc(Br)cc1Cl)C(C)C. The molecule has 0 atom stereocenters. The molecule has 0 saturated carbocycles. The van der Waals surface area contributed by atoms with Gasteiger partial charge in [-0.15, -0.1) is 5.10 Å². The van der Waals surface area contributed by atoms with E-state index in [1.54, 1.807) is 46.7 Å². The lowest BCUT2D eigenvalue weighted by Crippen LogP contribution is -2.38. The van der Waals surface area contributed by atoms with Crippen LogP contribution >= 0.6 is 27.5 Å². The fraction of sp³-hybridized carbons (Fsp3) is 0.179. The molecule has 0 aliphatic heterocycles. The van der Waals surface area contributed by atoms with Crippen LogP contribution in [0.15, 0.2) is 77.7 Å². The highest BCUT2D eigenvalue weighted by Crippen LogP contribution is 2.29. The first-order valence-electron chi connectivity index (χ1n) is 12.2. The van der Waals surface area contributed by atoms with Crippen molar-refractivity contribution < 1.29 is 14.3 Å². The van der Waals surface area contributed by atoms with Crippen LogP contribution in [0, 0.1) is 0 Å². The van der Waals surface area contributed by atoms with Crippen molar-refractivity contribution in [2.75, 3.05) is 11.5 Å². The second kappa shape index (κ2) is 11.0. The molecule has 0 N–H and O–H groups in total. The van der Waals surface area contributed by atoms with Crippen LogP contribution in [0.5, 0.6) is 0 Å². The number of anilines is 1. The molecular weight excluding hydrogens is 584 g/mol. The van der Waals surface area contributed by atoms with Crippen LogP contribution in [0.3, 0.4) is 0 Å². The van der Waals surface area contributed by atoms with E-state index in [-0.39, 0.29) is 35.0 Å². The summed E-state index contributed by atoms with van der Waals surface area (Å²) in [6.45, 7) is 5.59. The number of esters is 1. The molecule has 0 fully saturated rings. The first-order chi connectivity index (χ1) is 18.8. The van der Waals surface area contributed by atoms with Gasteiger partial charge in [-0.3, -0.25) is 9.69 Å². The first-order valence-corrected chi connectivity index (χ1v) is 13.4. The zero-order valence-electron chi connectivity index (χ0n) is 21.4. The summed E-state index contributed by atoms with van der Waals surface area (Å²) in [7, 11) is 0. The minimum absolute atomic E-state index is 0.169. The summed E-state index contributed by atoms with van der Waals surface area (Å²) in [5.41, 5.74) is 3.57. The average Bonchev–Trinajstić information content (AvgIpc) is 3.54. The van der Waals surface area contributed by atoms with E-state index in [0.29, 0.717) is 11.3 Å². The van der Waals surface area contributed by atoms with Crippen molar-refractivity contribution in [1.82, 2.24) is 24.4 Å². The maximum Gasteiger partial charge on any atom is 0.343 e. The summed E-state index contributed by atoms with van der Waals surface area (Å²) >= 11 is 9.77. The van der Waals surface area contributed by atoms with Gasteiger partial charge < -0.3 is 4.74 Å². The number of carbonyl (C=O) groups excluding carboxylic acids is 2. The van der Waals surface area contributed by atoms with Gasteiger partial charge in [-0.05, 0) is 57.2 Å². The van der Waals surface area contributed by atoms with Gasteiger partial charge in [0, 0.05) is 40.7 Å². The Labute approximate surface area is 238 Å². The molecule has 0 unspecified atom stereocenters. The number of halogens is 2. The molecule has 2 aromatic carbocycles. The van der Waals surface area contributed by atoms with E-state index in [1.165, 1.54) is 4.90 Å². The van der Waals surface area contributed by atoms with Gasteiger partial charge in [0.25, 0.3) is 5.91 Å². The molecule has 0 spiro atoms. The second-order valence-corrected chi connectivity index (χ2v) is 10.2. The smallest absolute Gasteiger partial charge is 0.343 e. The van der Waals surface area contributed by atoms with Crippen molar-refractivity contribution in [2.45, 2.75) is 26.8 Å². The molecule has 3 heterocycles. The lowest BCUT2D eigenvalue weighted by atomic mass is 10.1. The van der Waals surface area contributed by atoms with Crippen molar-refractivity contribution in [2.24, 2.45) is 0 Å². The summed E-state index contributed by atoms with van der Waals surface area (Å²) in [6, 6.07) is 16.0. The fourth-order valence-electron chi connectivity index (χ4n) is 4.15. The van der Waals surface area contributed by atoms with Crippen molar-refractivity contribution in [3.05, 3.63) is 93.8 Å². The van der Waals surface area contributed by atoms with E-state index in [2.05, 4.69) is 31.1 Å². The molecular formula is C28H24BrClN6O3. The number of ether oxygens (including phenoxy) is 1. The quantitative estimate of drug-likeness (QED) is 0.204. The Morgan fingerprint density at radius 2 is 1.85 bits per heavy atom. The lowest BCUT2D eigenvalue weighted by Gasteiger charge is -2.26. The van der Waals surface area contributed by atoms with Crippen LogP contribution in [-0.2, 0) is 4.74 Å². The Balaban J connectivity index is 1.54. The van der Waals surface area contributed by atoms with E-state index < -0.39 is 5.97 Å². The van der Waals surface area contributed by atoms with Crippen LogP contribution in [0.1, 0.15) is 41.5 Å². The Hall–Kier alpha value is -4.02. The Bertz CT molecular complexity index is 1650. The van der Waals surface area contributed by atoms with E-state index in [9.17, 15) is 9.59 Å². The molecule has 9 nitrogen and oxygen atoms in total. The molecule has 0 radical (unpaired) electrons. The predicted octanol–water partition coefficient (Wildman–Crippen LogP) is 6.23. The van der Waals surface area contributed by atoms with Gasteiger partial charge in [-0.1, -0.05) is 39.7 Å². The van der Waals surface area contributed by atoms with Crippen LogP contribution < -0.4 is 4.90 Å². The topological polar surface area (TPSA) is 94.6 Å². The summed E-state index contributed by atoms with van der Waals surface area (Å²) in [4.78, 5) is 32.4. The van der Waals surface area contributed by atoms with E-state index in [0.717, 1.165) is 21.4 Å². The molecule has 5 aromatic rings. The summed E-state index contributed by atoms with van der Waals surface area (Å²) in [6.07, 6.45) is 5.13. The predicted molar refractivity (Wildman–Crippen MR) is 153 cm³/mol. The summed E-state index contributed by atoms with van der Waals surface area (Å²) in [5, 5.41) is 9.53. The minimum atomic E-state index is -0.576. The van der Waals surface area contributed by atoms with E-state index in [1.807, 2.05) is 56.4 Å². The first kappa shape index (κ1) is 26.6. The second-order valence-electron chi connectivity index (χ2n) is 8.92. The monoisotopic (exact) mass is 606 g/mol. The van der Waals surface area contributed by atoms with Crippen molar-refractivity contribution in [3.63, 3.8) is 0 Å². The van der Waals surface area contributed by atoms with Gasteiger partial charge in [0.05, 0.1) is 28.6 Å². The van der Waals surface area contributed by atoms with Crippen LogP contribution in [0.25, 0.3) is 22.6 Å². The number of nitrogens with zero attached hydrogens (tertiary/aromatic N) is 6.